The van der Waals surface area contributed by atoms with Crippen LogP contribution in [0.3, 0.4) is 0 Å². The summed E-state index contributed by atoms with van der Waals surface area (Å²) in [4.78, 5) is 11.6. The fourth-order valence-corrected chi connectivity index (χ4v) is 3.23. The zero-order valence-corrected chi connectivity index (χ0v) is 15.8. The summed E-state index contributed by atoms with van der Waals surface area (Å²) < 4.78 is 11.7. The molecule has 4 nitrogen and oxygen atoms in total. The summed E-state index contributed by atoms with van der Waals surface area (Å²) in [5, 5.41) is 9.61. The van der Waals surface area contributed by atoms with Gasteiger partial charge in [0, 0.05) is 5.56 Å². The van der Waals surface area contributed by atoms with Gasteiger partial charge in [-0.25, -0.2) is 0 Å². The zero-order chi connectivity index (χ0) is 17.5. The highest BCUT2D eigenvalue weighted by Gasteiger charge is 2.52. The van der Waals surface area contributed by atoms with Gasteiger partial charge in [-0.15, -0.1) is 0 Å². The second-order valence-electron chi connectivity index (χ2n) is 7.77. The maximum Gasteiger partial charge on any atom is 0.314 e. The van der Waals surface area contributed by atoms with Crippen LogP contribution in [-0.2, 0) is 20.2 Å². The quantitative estimate of drug-likeness (QED) is 0.802. The monoisotopic (exact) mass is 334 g/mol. The number of aliphatic carboxylic acids is 1. The average molecular weight is 334 g/mol. The number of methoxy groups -OCH3 is 1. The molecule has 1 fully saturated rings. The molecule has 0 spiro atoms. The van der Waals surface area contributed by atoms with Crippen molar-refractivity contribution in [3.05, 3.63) is 29.3 Å². The number of hydrogen-bond acceptors (Lipinski definition) is 3. The van der Waals surface area contributed by atoms with Crippen molar-refractivity contribution in [1.82, 2.24) is 0 Å². The van der Waals surface area contributed by atoms with E-state index in [1.54, 1.807) is 7.11 Å². The predicted molar refractivity (Wildman–Crippen MR) is 91.1 cm³/mol. The molecule has 1 saturated carbocycles. The summed E-state index contributed by atoms with van der Waals surface area (Å²) >= 11 is 0. The van der Waals surface area contributed by atoms with E-state index in [0.717, 1.165) is 16.9 Å². The molecule has 0 unspecified atom stereocenters. The molecule has 1 aromatic rings. The second-order valence-corrected chi connectivity index (χ2v) is 9.68. The van der Waals surface area contributed by atoms with Crippen molar-refractivity contribution in [2.45, 2.75) is 63.5 Å². The first-order valence-corrected chi connectivity index (χ1v) is 8.80. The van der Waals surface area contributed by atoms with Crippen molar-refractivity contribution >= 4 is 15.7 Å². The van der Waals surface area contributed by atoms with Crippen LogP contribution in [0, 0.1) is 0 Å². The van der Waals surface area contributed by atoms with E-state index in [9.17, 15) is 9.90 Å². The second kappa shape index (κ2) is 5.95. The van der Waals surface area contributed by atoms with Crippen LogP contribution in [0.15, 0.2) is 18.2 Å². The first-order chi connectivity index (χ1) is 10.5. The minimum absolute atomic E-state index is 0.0842. The van der Waals surface area contributed by atoms with Gasteiger partial charge >= 0.3 is 5.97 Å². The number of hydrogen-bond donors (Lipinski definition) is 1. The number of carbonyl (C=O) groups is 1. The number of carboxylic acids is 1. The third-order valence-corrected chi connectivity index (χ3v) is 5.40. The fraction of sp³-hybridized carbons (Fsp3) is 0.611. The third kappa shape index (κ3) is 3.78. The van der Waals surface area contributed by atoms with Gasteiger partial charge in [0.25, 0.3) is 0 Å². The van der Waals surface area contributed by atoms with E-state index in [2.05, 4.69) is 20.8 Å². The van der Waals surface area contributed by atoms with Gasteiger partial charge in [-0.2, -0.15) is 0 Å². The van der Waals surface area contributed by atoms with E-state index >= 15 is 0 Å². The van der Waals surface area contributed by atoms with Crippen molar-refractivity contribution in [1.29, 1.82) is 0 Å². The summed E-state index contributed by atoms with van der Waals surface area (Å²) in [7, 11) is 1.97. The minimum atomic E-state index is -0.746. The highest BCUT2D eigenvalue weighted by Crippen LogP contribution is 2.50. The van der Waals surface area contributed by atoms with Crippen molar-refractivity contribution in [3.8, 4) is 5.75 Å². The molecule has 5 heteroatoms. The molecule has 0 bridgehead atoms. The summed E-state index contributed by atoms with van der Waals surface area (Å²) in [5.74, 6) is -0.0115. The van der Waals surface area contributed by atoms with Gasteiger partial charge in [0.15, 0.2) is 0 Å². The Morgan fingerprint density at radius 1 is 1.22 bits per heavy atom. The zero-order valence-electron chi connectivity index (χ0n) is 14.8. The molecule has 1 aliphatic rings. The van der Waals surface area contributed by atoms with Crippen molar-refractivity contribution < 1.29 is 19.1 Å². The molecular formula is C18H26O4Si. The fourth-order valence-electron chi connectivity index (χ4n) is 2.56. The molecule has 1 N–H and O–H groups in total. The van der Waals surface area contributed by atoms with Gasteiger partial charge in [-0.05, 0) is 49.4 Å². The maximum atomic E-state index is 11.6. The van der Waals surface area contributed by atoms with Crippen molar-refractivity contribution in [2.24, 2.45) is 0 Å². The van der Waals surface area contributed by atoms with Gasteiger partial charge < -0.3 is 14.3 Å². The number of benzene rings is 1. The Morgan fingerprint density at radius 3 is 2.26 bits per heavy atom. The Bertz CT molecular complexity index is 598. The van der Waals surface area contributed by atoms with Crippen LogP contribution in [0.5, 0.6) is 5.75 Å². The van der Waals surface area contributed by atoms with Gasteiger partial charge in [-0.3, -0.25) is 4.79 Å². The van der Waals surface area contributed by atoms with Crippen LogP contribution < -0.4 is 4.74 Å². The lowest BCUT2D eigenvalue weighted by atomic mass is 9.89. The van der Waals surface area contributed by atoms with E-state index in [4.69, 9.17) is 9.16 Å². The minimum Gasteiger partial charge on any atom is -0.496 e. The molecule has 0 aliphatic heterocycles. The number of ether oxygens (including phenoxy) is 1. The predicted octanol–water partition coefficient (Wildman–Crippen LogP) is 3.90. The van der Waals surface area contributed by atoms with Crippen LogP contribution in [0.25, 0.3) is 0 Å². The highest BCUT2D eigenvalue weighted by molar-refractivity contribution is 6.31. The molecule has 1 aliphatic carbocycles. The average Bonchev–Trinajstić information content (AvgIpc) is 3.25. The molecule has 126 valence electrons. The maximum absolute atomic E-state index is 11.6. The molecular weight excluding hydrogens is 308 g/mol. The van der Waals surface area contributed by atoms with E-state index in [-0.39, 0.29) is 5.04 Å². The number of rotatable bonds is 6. The first kappa shape index (κ1) is 18.0. The molecule has 2 radical (unpaired) electrons. The first-order valence-electron chi connectivity index (χ1n) is 7.89. The number of carboxylic acid groups (broad SMARTS) is 1. The Balaban J connectivity index is 2.38. The Labute approximate surface area is 141 Å². The van der Waals surface area contributed by atoms with E-state index in [1.165, 1.54) is 0 Å². The summed E-state index contributed by atoms with van der Waals surface area (Å²) in [6.07, 6.45) is 1.39. The van der Waals surface area contributed by atoms with E-state index < -0.39 is 17.0 Å². The summed E-state index contributed by atoms with van der Waals surface area (Å²) in [6, 6.07) is 5.68. The summed E-state index contributed by atoms with van der Waals surface area (Å²) in [5.41, 5.74) is 0.490. The standard InChI is InChI=1S/C18H26O4Si/c1-16(2,3)23-22-17(4,5)13-11-12(7-8-14(13)21-6)18(9-10-18)15(19)20/h7-8,11H,9-10H2,1-6H3,(H,19,20). The Morgan fingerprint density at radius 2 is 1.83 bits per heavy atom. The Hall–Kier alpha value is -1.33. The normalized spacial score (nSPS) is 17.0. The van der Waals surface area contributed by atoms with E-state index in [0.29, 0.717) is 22.6 Å². The Kier molecular flexibility index (Phi) is 4.66. The molecule has 0 saturated heterocycles. The topological polar surface area (TPSA) is 55.8 Å². The molecule has 1 aromatic carbocycles. The van der Waals surface area contributed by atoms with Crippen LogP contribution >= 0.6 is 0 Å². The molecule has 0 atom stereocenters. The van der Waals surface area contributed by atoms with Crippen LogP contribution in [0.4, 0.5) is 0 Å². The largest absolute Gasteiger partial charge is 0.496 e. The molecule has 0 amide bonds. The summed E-state index contributed by atoms with van der Waals surface area (Å²) in [6.45, 7) is 10.4. The van der Waals surface area contributed by atoms with Crippen molar-refractivity contribution in [3.63, 3.8) is 0 Å². The van der Waals surface area contributed by atoms with Gasteiger partial charge in [-0.1, -0.05) is 26.8 Å². The van der Waals surface area contributed by atoms with E-state index in [1.807, 2.05) is 32.0 Å². The smallest absolute Gasteiger partial charge is 0.314 e. The van der Waals surface area contributed by atoms with Gasteiger partial charge in [0.1, 0.15) is 5.75 Å². The lowest BCUT2D eigenvalue weighted by molar-refractivity contribution is -0.140. The van der Waals surface area contributed by atoms with Gasteiger partial charge in [0.2, 0.25) is 9.76 Å². The highest BCUT2D eigenvalue weighted by atomic mass is 28.2. The van der Waals surface area contributed by atoms with Crippen LogP contribution in [-0.4, -0.2) is 27.9 Å². The van der Waals surface area contributed by atoms with Crippen LogP contribution in [0.1, 0.15) is 58.6 Å². The molecule has 0 heterocycles. The SMILES string of the molecule is COc1ccc(C2(C(=O)O)CC2)cc1C(C)(C)O[Si]C(C)(C)C. The molecule has 2 rings (SSSR count). The lowest BCUT2D eigenvalue weighted by Crippen LogP contribution is -2.29. The van der Waals surface area contributed by atoms with Crippen LogP contribution in [0.2, 0.25) is 5.04 Å². The third-order valence-electron chi connectivity index (χ3n) is 4.17. The van der Waals surface area contributed by atoms with Crippen molar-refractivity contribution in [2.75, 3.05) is 7.11 Å². The molecule has 23 heavy (non-hydrogen) atoms. The molecule has 0 aromatic heterocycles. The lowest BCUT2D eigenvalue weighted by Gasteiger charge is -2.31. The van der Waals surface area contributed by atoms with Gasteiger partial charge in [0.05, 0.1) is 18.1 Å².